The van der Waals surface area contributed by atoms with Gasteiger partial charge in [0.05, 0.1) is 0 Å². The Hall–Kier alpha value is -2.28. The molecule has 1 nitrogen and oxygen atoms in total. The topological polar surface area (TPSA) is 3.24 Å². The summed E-state index contributed by atoms with van der Waals surface area (Å²) in [7, 11) is 0. The van der Waals surface area contributed by atoms with Crippen LogP contribution in [0.25, 0.3) is 10.8 Å². The molecule has 3 aromatic rings. The molecule has 0 aliphatic carbocycles. The maximum Gasteiger partial charge on any atom is 0.0441 e. The number of hydrogen-bond acceptors (Lipinski definition) is 1. The van der Waals surface area contributed by atoms with Crippen LogP contribution < -0.4 is 4.90 Å². The summed E-state index contributed by atoms with van der Waals surface area (Å²) in [4.78, 5) is 2.79. The second-order valence-electron chi connectivity index (χ2n) is 10.4. The van der Waals surface area contributed by atoms with Gasteiger partial charge in [-0.15, -0.1) is 0 Å². The third-order valence-electron chi connectivity index (χ3n) is 7.64. The highest BCUT2D eigenvalue weighted by molar-refractivity contribution is 5.87. The second-order valence-corrected chi connectivity index (χ2v) is 10.4. The zero-order chi connectivity index (χ0) is 20.4. The minimum Gasteiger partial charge on any atom is -0.365 e. The first-order valence-corrected chi connectivity index (χ1v) is 11.2. The molecule has 2 aliphatic heterocycles. The molecule has 3 unspecified atom stereocenters. The fraction of sp³-hybridized carbons (Fsp3) is 0.429. The molecular weight excluding hydrogens is 350 g/mol. The molecule has 0 saturated carbocycles. The van der Waals surface area contributed by atoms with Crippen molar-refractivity contribution < 1.29 is 0 Å². The quantitative estimate of drug-likeness (QED) is 0.446. The van der Waals surface area contributed by atoms with E-state index in [2.05, 4.69) is 100 Å². The molecule has 0 radical (unpaired) electrons. The van der Waals surface area contributed by atoms with E-state index in [-0.39, 0.29) is 11.0 Å². The molecule has 3 atom stereocenters. The smallest absolute Gasteiger partial charge is 0.0441 e. The summed E-state index contributed by atoms with van der Waals surface area (Å²) in [5.74, 6) is 1.16. The normalized spacial score (nSPS) is 28.6. The number of nitrogens with zero attached hydrogens (tertiary/aromatic N) is 1. The van der Waals surface area contributed by atoms with Crippen molar-refractivity contribution in [2.75, 3.05) is 11.4 Å². The van der Waals surface area contributed by atoms with Crippen molar-refractivity contribution >= 4 is 16.5 Å². The van der Waals surface area contributed by atoms with Crippen LogP contribution in [0, 0.1) is 0 Å². The lowest BCUT2D eigenvalue weighted by atomic mass is 9.72. The van der Waals surface area contributed by atoms with Crippen LogP contribution in [0.3, 0.4) is 0 Å². The van der Waals surface area contributed by atoms with Crippen molar-refractivity contribution in [1.29, 1.82) is 0 Å². The Kier molecular flexibility index (Phi) is 4.11. The van der Waals surface area contributed by atoms with Crippen LogP contribution in [0.1, 0.15) is 76.0 Å². The van der Waals surface area contributed by atoms with Gasteiger partial charge in [-0.25, -0.2) is 0 Å². The maximum absolute atomic E-state index is 2.79. The molecule has 0 aromatic heterocycles. The molecule has 3 aromatic carbocycles. The fourth-order valence-corrected chi connectivity index (χ4v) is 6.52. The number of fused-ring (bicyclic) bond motifs is 4. The minimum atomic E-state index is 0.154. The van der Waals surface area contributed by atoms with Crippen molar-refractivity contribution in [2.45, 2.75) is 70.3 Å². The Morgan fingerprint density at radius 1 is 0.931 bits per heavy atom. The Balaban J connectivity index is 1.68. The predicted molar refractivity (Wildman–Crippen MR) is 125 cm³/mol. The molecule has 1 heteroatoms. The first-order chi connectivity index (χ1) is 13.8. The molecule has 0 spiro atoms. The van der Waals surface area contributed by atoms with E-state index < -0.39 is 0 Å². The van der Waals surface area contributed by atoms with Crippen LogP contribution in [0.5, 0.6) is 0 Å². The largest absolute Gasteiger partial charge is 0.365 e. The first-order valence-electron chi connectivity index (χ1n) is 11.2. The summed E-state index contributed by atoms with van der Waals surface area (Å²) in [5, 5.41) is 2.78. The van der Waals surface area contributed by atoms with Crippen LogP contribution in [-0.2, 0) is 5.41 Å². The number of hydrogen-bond donors (Lipinski definition) is 0. The number of para-hydroxylation sites is 1. The molecule has 1 fully saturated rings. The van der Waals surface area contributed by atoms with Crippen molar-refractivity contribution in [1.82, 2.24) is 0 Å². The van der Waals surface area contributed by atoms with Crippen molar-refractivity contribution in [3.8, 4) is 0 Å². The molecule has 0 amide bonds. The van der Waals surface area contributed by atoms with Gasteiger partial charge in [0.15, 0.2) is 0 Å². The number of rotatable bonds is 2. The van der Waals surface area contributed by atoms with E-state index in [4.69, 9.17) is 0 Å². The van der Waals surface area contributed by atoms with Crippen LogP contribution in [0.2, 0.25) is 0 Å². The van der Waals surface area contributed by atoms with Crippen molar-refractivity contribution in [3.63, 3.8) is 0 Å². The molecule has 2 heterocycles. The maximum atomic E-state index is 2.79. The van der Waals surface area contributed by atoms with Crippen LogP contribution >= 0.6 is 0 Å². The molecule has 29 heavy (non-hydrogen) atoms. The van der Waals surface area contributed by atoms with Gasteiger partial charge in [-0.3, -0.25) is 0 Å². The average molecular weight is 384 g/mol. The van der Waals surface area contributed by atoms with Gasteiger partial charge in [-0.2, -0.15) is 0 Å². The van der Waals surface area contributed by atoms with Gasteiger partial charge in [0.25, 0.3) is 0 Å². The summed E-state index contributed by atoms with van der Waals surface area (Å²) in [5.41, 5.74) is 6.48. The average Bonchev–Trinajstić information content (AvgIpc) is 2.98. The van der Waals surface area contributed by atoms with Crippen molar-refractivity contribution in [3.05, 3.63) is 77.4 Å². The van der Waals surface area contributed by atoms with Gasteiger partial charge < -0.3 is 4.90 Å². The van der Waals surface area contributed by atoms with E-state index in [1.807, 2.05) is 0 Å². The van der Waals surface area contributed by atoms with E-state index >= 15 is 0 Å². The van der Waals surface area contributed by atoms with Gasteiger partial charge in [-0.05, 0) is 59.1 Å². The second kappa shape index (κ2) is 6.36. The molecule has 0 bridgehead atoms. The highest BCUT2D eigenvalue weighted by atomic mass is 15.2. The Labute approximate surface area is 175 Å². The Morgan fingerprint density at radius 2 is 1.66 bits per heavy atom. The van der Waals surface area contributed by atoms with Crippen LogP contribution in [0.15, 0.2) is 60.7 Å². The first kappa shape index (κ1) is 18.7. The molecule has 2 aliphatic rings. The van der Waals surface area contributed by atoms with Crippen LogP contribution in [0.4, 0.5) is 5.69 Å². The lowest BCUT2D eigenvalue weighted by Crippen LogP contribution is -2.46. The molecule has 5 rings (SSSR count). The molecule has 0 N–H and O–H groups in total. The zero-order valence-corrected chi connectivity index (χ0v) is 18.5. The molecule has 150 valence electrons. The van der Waals surface area contributed by atoms with Gasteiger partial charge in [0, 0.05) is 23.2 Å². The summed E-state index contributed by atoms with van der Waals surface area (Å²) < 4.78 is 0. The monoisotopic (exact) mass is 383 g/mol. The van der Waals surface area contributed by atoms with Gasteiger partial charge in [0.1, 0.15) is 0 Å². The van der Waals surface area contributed by atoms with E-state index in [0.717, 1.165) is 6.54 Å². The SMILES string of the molecule is CC(C)c1cccc2c1N1CC(C)(c3cccc4ccccc34)CC1(C)CC2C. The van der Waals surface area contributed by atoms with Gasteiger partial charge >= 0.3 is 0 Å². The Bertz CT molecular complexity index is 1060. The lowest BCUT2D eigenvalue weighted by molar-refractivity contribution is 0.357. The summed E-state index contributed by atoms with van der Waals surface area (Å²) in [6.07, 6.45) is 2.45. The fourth-order valence-electron chi connectivity index (χ4n) is 6.52. The van der Waals surface area contributed by atoms with E-state index in [0.29, 0.717) is 11.8 Å². The lowest BCUT2D eigenvalue weighted by Gasteiger charge is -2.46. The molecule has 1 saturated heterocycles. The highest BCUT2D eigenvalue weighted by Gasteiger charge is 2.53. The third-order valence-corrected chi connectivity index (χ3v) is 7.64. The minimum absolute atomic E-state index is 0.154. The predicted octanol–water partition coefficient (Wildman–Crippen LogP) is 7.40. The number of benzene rings is 3. The highest BCUT2D eigenvalue weighted by Crippen LogP contribution is 2.56. The van der Waals surface area contributed by atoms with Gasteiger partial charge in [-0.1, -0.05) is 88.4 Å². The summed E-state index contributed by atoms with van der Waals surface area (Å²) in [6.45, 7) is 13.2. The number of anilines is 1. The standard InChI is InChI=1S/C28H33N/c1-19(2)22-13-9-14-23-20(3)16-28(5)17-27(4,18-29(28)26(22)23)25-15-8-11-21-10-6-7-12-24(21)25/h6-15,19-20H,16-18H2,1-5H3. The van der Waals surface area contributed by atoms with E-state index in [1.165, 1.54) is 40.4 Å². The zero-order valence-electron chi connectivity index (χ0n) is 18.5. The van der Waals surface area contributed by atoms with Gasteiger partial charge in [0.2, 0.25) is 0 Å². The summed E-state index contributed by atoms with van der Waals surface area (Å²) >= 11 is 0. The van der Waals surface area contributed by atoms with Crippen LogP contribution in [-0.4, -0.2) is 12.1 Å². The summed E-state index contributed by atoms with van der Waals surface area (Å²) in [6, 6.07) is 22.8. The van der Waals surface area contributed by atoms with Crippen molar-refractivity contribution in [2.24, 2.45) is 0 Å². The van der Waals surface area contributed by atoms with E-state index in [9.17, 15) is 0 Å². The Morgan fingerprint density at radius 3 is 2.45 bits per heavy atom. The molecular formula is C28H33N. The third kappa shape index (κ3) is 2.74. The van der Waals surface area contributed by atoms with E-state index in [1.54, 1.807) is 5.56 Å².